The second-order valence-electron chi connectivity index (χ2n) is 5.78. The summed E-state index contributed by atoms with van der Waals surface area (Å²) in [7, 11) is 0. The van der Waals surface area contributed by atoms with Crippen LogP contribution in [0.5, 0.6) is 0 Å². The molecule has 2 fully saturated rings. The Bertz CT molecular complexity index is 340. The van der Waals surface area contributed by atoms with E-state index >= 15 is 0 Å². The third-order valence-electron chi connectivity index (χ3n) is 4.55. The Hall–Kier alpha value is -0.820. The molecule has 1 saturated carbocycles. The zero-order valence-electron chi connectivity index (χ0n) is 10.6. The molecule has 1 nitrogen and oxygen atoms in total. The van der Waals surface area contributed by atoms with Gasteiger partial charge in [-0.05, 0) is 62.1 Å². The Morgan fingerprint density at radius 1 is 1.00 bits per heavy atom. The van der Waals surface area contributed by atoms with Crippen molar-refractivity contribution in [3.8, 4) is 0 Å². The van der Waals surface area contributed by atoms with Crippen LogP contribution < -0.4 is 5.32 Å². The fraction of sp³-hybridized carbons (Fsp3) is 0.625. The van der Waals surface area contributed by atoms with Gasteiger partial charge in [0.15, 0.2) is 0 Å². The molecule has 1 unspecified atom stereocenters. The fourth-order valence-electron chi connectivity index (χ4n) is 3.30. The summed E-state index contributed by atoms with van der Waals surface area (Å²) in [5.41, 5.74) is 1.57. The third-order valence-corrected chi connectivity index (χ3v) is 4.55. The fourth-order valence-corrected chi connectivity index (χ4v) is 3.30. The molecule has 1 aromatic carbocycles. The topological polar surface area (TPSA) is 12.0 Å². The van der Waals surface area contributed by atoms with E-state index < -0.39 is 0 Å². The first-order chi connectivity index (χ1) is 8.43. The van der Waals surface area contributed by atoms with Crippen LogP contribution in [-0.4, -0.2) is 13.1 Å². The van der Waals surface area contributed by atoms with Crippen LogP contribution >= 0.6 is 0 Å². The van der Waals surface area contributed by atoms with Crippen molar-refractivity contribution in [2.75, 3.05) is 13.1 Å². The van der Waals surface area contributed by atoms with E-state index in [2.05, 4.69) is 35.6 Å². The minimum absolute atomic E-state index is 0.887. The quantitative estimate of drug-likeness (QED) is 0.832. The Balaban J connectivity index is 1.43. The van der Waals surface area contributed by atoms with Gasteiger partial charge in [-0.25, -0.2) is 0 Å². The molecule has 1 aliphatic carbocycles. The lowest BCUT2D eigenvalue weighted by molar-refractivity contribution is 0.340. The van der Waals surface area contributed by atoms with Crippen LogP contribution in [0.2, 0.25) is 0 Å². The molecule has 0 radical (unpaired) electrons. The largest absolute Gasteiger partial charge is 0.317 e. The van der Waals surface area contributed by atoms with Crippen LogP contribution in [-0.2, 0) is 0 Å². The first-order valence-corrected chi connectivity index (χ1v) is 7.19. The molecular formula is C16H23N. The Morgan fingerprint density at radius 2 is 1.76 bits per heavy atom. The molecule has 2 aliphatic rings. The van der Waals surface area contributed by atoms with Crippen LogP contribution in [0.1, 0.15) is 43.6 Å². The summed E-state index contributed by atoms with van der Waals surface area (Å²) < 4.78 is 0. The van der Waals surface area contributed by atoms with Gasteiger partial charge in [0, 0.05) is 0 Å². The summed E-state index contributed by atoms with van der Waals surface area (Å²) in [5.74, 6) is 2.89. The SMILES string of the molecule is c1ccc(C2C[C@@H]2CCC2CCNCC2)cc1. The molecule has 0 amide bonds. The van der Waals surface area contributed by atoms with Gasteiger partial charge in [-0.15, -0.1) is 0 Å². The zero-order valence-corrected chi connectivity index (χ0v) is 10.6. The molecule has 0 aromatic heterocycles. The zero-order chi connectivity index (χ0) is 11.5. The normalized spacial score (nSPS) is 29.2. The first-order valence-electron chi connectivity index (χ1n) is 7.19. The van der Waals surface area contributed by atoms with Gasteiger partial charge in [0.05, 0.1) is 0 Å². The van der Waals surface area contributed by atoms with Crippen LogP contribution in [0.4, 0.5) is 0 Å². The molecule has 1 N–H and O–H groups in total. The summed E-state index contributed by atoms with van der Waals surface area (Å²) in [6.07, 6.45) is 7.18. The molecule has 2 atom stereocenters. The van der Waals surface area contributed by atoms with Crippen LogP contribution in [0, 0.1) is 11.8 Å². The minimum atomic E-state index is 0.887. The van der Waals surface area contributed by atoms with Crippen molar-refractivity contribution >= 4 is 0 Å². The average molecular weight is 229 g/mol. The van der Waals surface area contributed by atoms with Gasteiger partial charge >= 0.3 is 0 Å². The molecule has 1 heteroatoms. The lowest BCUT2D eigenvalue weighted by atomic mass is 9.91. The van der Waals surface area contributed by atoms with Crippen molar-refractivity contribution in [2.45, 2.75) is 38.0 Å². The van der Waals surface area contributed by atoms with E-state index in [9.17, 15) is 0 Å². The third kappa shape index (κ3) is 2.90. The lowest BCUT2D eigenvalue weighted by Gasteiger charge is -2.22. The monoisotopic (exact) mass is 229 g/mol. The van der Waals surface area contributed by atoms with Gasteiger partial charge in [0.2, 0.25) is 0 Å². The van der Waals surface area contributed by atoms with Gasteiger partial charge in [-0.3, -0.25) is 0 Å². The highest BCUT2D eigenvalue weighted by atomic mass is 14.9. The maximum Gasteiger partial charge on any atom is -0.00463 e. The summed E-state index contributed by atoms with van der Waals surface area (Å²) in [4.78, 5) is 0. The maximum atomic E-state index is 3.45. The molecule has 0 bridgehead atoms. The predicted molar refractivity (Wildman–Crippen MR) is 72.1 cm³/mol. The van der Waals surface area contributed by atoms with Crippen molar-refractivity contribution in [3.05, 3.63) is 35.9 Å². The lowest BCUT2D eigenvalue weighted by Crippen LogP contribution is -2.27. The highest BCUT2D eigenvalue weighted by molar-refractivity contribution is 5.25. The summed E-state index contributed by atoms with van der Waals surface area (Å²) in [6, 6.07) is 11.1. The number of rotatable bonds is 4. The summed E-state index contributed by atoms with van der Waals surface area (Å²) in [5, 5.41) is 3.45. The van der Waals surface area contributed by atoms with Gasteiger partial charge < -0.3 is 5.32 Å². The summed E-state index contributed by atoms with van der Waals surface area (Å²) >= 11 is 0. The van der Waals surface area contributed by atoms with Crippen molar-refractivity contribution in [1.29, 1.82) is 0 Å². The van der Waals surface area contributed by atoms with Crippen molar-refractivity contribution in [2.24, 2.45) is 11.8 Å². The molecule has 1 saturated heterocycles. The second kappa shape index (κ2) is 5.22. The molecule has 3 rings (SSSR count). The van der Waals surface area contributed by atoms with Crippen molar-refractivity contribution in [3.63, 3.8) is 0 Å². The van der Waals surface area contributed by atoms with E-state index in [1.165, 1.54) is 45.2 Å². The number of piperidine rings is 1. The molecule has 17 heavy (non-hydrogen) atoms. The van der Waals surface area contributed by atoms with Gasteiger partial charge in [-0.2, -0.15) is 0 Å². The molecule has 92 valence electrons. The van der Waals surface area contributed by atoms with Gasteiger partial charge in [-0.1, -0.05) is 36.8 Å². The Morgan fingerprint density at radius 3 is 2.53 bits per heavy atom. The predicted octanol–water partition coefficient (Wildman–Crippen LogP) is 3.57. The van der Waals surface area contributed by atoms with Crippen molar-refractivity contribution < 1.29 is 0 Å². The molecular weight excluding hydrogens is 206 g/mol. The Kier molecular flexibility index (Phi) is 3.46. The minimum Gasteiger partial charge on any atom is -0.317 e. The molecule has 1 aliphatic heterocycles. The van der Waals surface area contributed by atoms with E-state index in [-0.39, 0.29) is 0 Å². The number of hydrogen-bond acceptors (Lipinski definition) is 1. The van der Waals surface area contributed by atoms with E-state index in [4.69, 9.17) is 0 Å². The average Bonchev–Trinajstić information content (AvgIpc) is 3.18. The highest BCUT2D eigenvalue weighted by Gasteiger charge is 2.37. The highest BCUT2D eigenvalue weighted by Crippen LogP contribution is 2.50. The van der Waals surface area contributed by atoms with Crippen LogP contribution in [0.3, 0.4) is 0 Å². The Labute approximate surface area is 105 Å². The first kappa shape index (κ1) is 11.3. The van der Waals surface area contributed by atoms with Crippen molar-refractivity contribution in [1.82, 2.24) is 5.32 Å². The standard InChI is InChI=1S/C16H23N/c1-2-4-14(5-3-1)16-12-15(16)7-6-13-8-10-17-11-9-13/h1-5,13,15-17H,6-12H2/t15-,16?/m0/s1. The second-order valence-corrected chi connectivity index (χ2v) is 5.78. The van der Waals surface area contributed by atoms with Gasteiger partial charge in [0.25, 0.3) is 0 Å². The van der Waals surface area contributed by atoms with E-state index in [0.717, 1.165) is 17.8 Å². The number of nitrogens with one attached hydrogen (secondary N) is 1. The van der Waals surface area contributed by atoms with E-state index in [1.54, 1.807) is 5.56 Å². The van der Waals surface area contributed by atoms with Crippen LogP contribution in [0.15, 0.2) is 30.3 Å². The van der Waals surface area contributed by atoms with Gasteiger partial charge in [0.1, 0.15) is 0 Å². The van der Waals surface area contributed by atoms with E-state index in [1.807, 2.05) is 0 Å². The van der Waals surface area contributed by atoms with E-state index in [0.29, 0.717) is 0 Å². The molecule has 1 heterocycles. The molecule has 1 aromatic rings. The maximum absolute atomic E-state index is 3.45. The molecule has 0 spiro atoms. The number of hydrogen-bond donors (Lipinski definition) is 1. The summed E-state index contributed by atoms with van der Waals surface area (Å²) in [6.45, 7) is 2.49. The number of benzene rings is 1. The van der Waals surface area contributed by atoms with Crippen LogP contribution in [0.25, 0.3) is 0 Å². The smallest absolute Gasteiger partial charge is 0.00463 e.